The lowest BCUT2D eigenvalue weighted by Gasteiger charge is -2.20. The fourth-order valence-corrected chi connectivity index (χ4v) is 1.39. The zero-order valence-corrected chi connectivity index (χ0v) is 9.09. The molecule has 0 aromatic carbocycles. The number of nitrogens with one attached hydrogen (secondary N) is 1. The smallest absolute Gasteiger partial charge is 0.254 e. The number of amides is 1. The summed E-state index contributed by atoms with van der Waals surface area (Å²) < 4.78 is 0. The number of aromatic amines is 1. The second kappa shape index (κ2) is 6.02. The van der Waals surface area contributed by atoms with Gasteiger partial charge in [0, 0.05) is 25.2 Å². The largest absolute Gasteiger partial charge is 0.494 e. The van der Waals surface area contributed by atoms with Crippen molar-refractivity contribution in [3.63, 3.8) is 0 Å². The zero-order chi connectivity index (χ0) is 12.8. The van der Waals surface area contributed by atoms with Gasteiger partial charge in [0.25, 0.3) is 11.5 Å². The SMILES string of the molecule is O=C(c1cc(O)[nH]c(=O)c1)N(CCO)CCO. The molecule has 0 aliphatic carbocycles. The van der Waals surface area contributed by atoms with Crippen LogP contribution in [-0.4, -0.2) is 57.4 Å². The summed E-state index contributed by atoms with van der Waals surface area (Å²) in [6, 6.07) is 2.16. The molecule has 1 aromatic rings. The van der Waals surface area contributed by atoms with E-state index in [0.717, 1.165) is 12.1 Å². The molecule has 0 saturated heterocycles. The molecule has 1 amide bonds. The van der Waals surface area contributed by atoms with Gasteiger partial charge in [0.05, 0.1) is 18.8 Å². The first-order valence-corrected chi connectivity index (χ1v) is 5.03. The fourth-order valence-electron chi connectivity index (χ4n) is 1.39. The normalized spacial score (nSPS) is 10.2. The molecular weight excluding hydrogens is 228 g/mol. The molecule has 1 heterocycles. The maximum Gasteiger partial charge on any atom is 0.254 e. The maximum absolute atomic E-state index is 11.9. The van der Waals surface area contributed by atoms with E-state index in [9.17, 15) is 9.59 Å². The number of aromatic hydroxyl groups is 1. The summed E-state index contributed by atoms with van der Waals surface area (Å²) >= 11 is 0. The van der Waals surface area contributed by atoms with E-state index in [-0.39, 0.29) is 31.9 Å². The number of carbonyl (C=O) groups excluding carboxylic acids is 1. The van der Waals surface area contributed by atoms with Gasteiger partial charge in [-0.3, -0.25) is 14.6 Å². The Morgan fingerprint density at radius 3 is 2.29 bits per heavy atom. The molecule has 7 heteroatoms. The second-order valence-corrected chi connectivity index (χ2v) is 3.36. The number of pyridine rings is 1. The molecule has 0 aliphatic heterocycles. The first kappa shape index (κ1) is 13.2. The number of aliphatic hydroxyl groups excluding tert-OH is 2. The highest BCUT2D eigenvalue weighted by Gasteiger charge is 2.16. The molecule has 1 rings (SSSR count). The summed E-state index contributed by atoms with van der Waals surface area (Å²) in [5.74, 6) is -0.941. The Morgan fingerprint density at radius 2 is 1.82 bits per heavy atom. The van der Waals surface area contributed by atoms with Gasteiger partial charge in [0.2, 0.25) is 0 Å². The van der Waals surface area contributed by atoms with Crippen molar-refractivity contribution in [3.8, 4) is 5.88 Å². The van der Waals surface area contributed by atoms with E-state index in [0.29, 0.717) is 0 Å². The summed E-state index contributed by atoms with van der Waals surface area (Å²) in [4.78, 5) is 26.2. The van der Waals surface area contributed by atoms with Crippen LogP contribution >= 0.6 is 0 Å². The lowest BCUT2D eigenvalue weighted by molar-refractivity contribution is 0.0684. The summed E-state index contributed by atoms with van der Waals surface area (Å²) in [5, 5.41) is 26.7. The zero-order valence-electron chi connectivity index (χ0n) is 9.09. The molecule has 94 valence electrons. The van der Waals surface area contributed by atoms with Crippen LogP contribution in [0.25, 0.3) is 0 Å². The van der Waals surface area contributed by atoms with Crippen LogP contribution in [0.5, 0.6) is 5.88 Å². The van der Waals surface area contributed by atoms with Gasteiger partial charge in [-0.1, -0.05) is 0 Å². The van der Waals surface area contributed by atoms with Crippen molar-refractivity contribution in [1.82, 2.24) is 9.88 Å². The molecular formula is C10H14N2O5. The number of hydrogen-bond donors (Lipinski definition) is 4. The van der Waals surface area contributed by atoms with Crippen molar-refractivity contribution < 1.29 is 20.1 Å². The number of aliphatic hydroxyl groups is 2. The van der Waals surface area contributed by atoms with Gasteiger partial charge in [-0.2, -0.15) is 0 Å². The fraction of sp³-hybridized carbons (Fsp3) is 0.400. The van der Waals surface area contributed by atoms with Crippen LogP contribution in [0, 0.1) is 0 Å². The molecule has 0 radical (unpaired) electrons. The highest BCUT2D eigenvalue weighted by molar-refractivity contribution is 5.94. The van der Waals surface area contributed by atoms with E-state index < -0.39 is 17.3 Å². The van der Waals surface area contributed by atoms with Crippen LogP contribution in [0.1, 0.15) is 10.4 Å². The van der Waals surface area contributed by atoms with Crippen molar-refractivity contribution in [2.75, 3.05) is 26.3 Å². The third-order valence-electron chi connectivity index (χ3n) is 2.10. The summed E-state index contributed by atoms with van der Waals surface area (Å²) in [5.41, 5.74) is -0.588. The Kier molecular flexibility index (Phi) is 4.68. The van der Waals surface area contributed by atoms with Crippen LogP contribution in [-0.2, 0) is 0 Å². The van der Waals surface area contributed by atoms with Gasteiger partial charge in [0.15, 0.2) is 5.88 Å². The van der Waals surface area contributed by atoms with Crippen molar-refractivity contribution in [1.29, 1.82) is 0 Å². The number of nitrogens with zero attached hydrogens (tertiary/aromatic N) is 1. The molecule has 0 bridgehead atoms. The van der Waals surface area contributed by atoms with E-state index in [1.807, 2.05) is 0 Å². The standard InChI is InChI=1S/C10H14N2O5/c13-3-1-12(2-4-14)10(17)7-5-8(15)11-9(16)6-7/h5-6,13-14H,1-4H2,(H2,11,15,16). The molecule has 0 unspecified atom stereocenters. The van der Waals surface area contributed by atoms with Crippen molar-refractivity contribution >= 4 is 5.91 Å². The molecule has 0 aliphatic rings. The molecule has 4 N–H and O–H groups in total. The van der Waals surface area contributed by atoms with Crippen LogP contribution in [0.2, 0.25) is 0 Å². The average Bonchev–Trinajstić information content (AvgIpc) is 2.26. The Hall–Kier alpha value is -1.86. The van der Waals surface area contributed by atoms with Crippen LogP contribution < -0.4 is 5.56 Å². The van der Waals surface area contributed by atoms with Gasteiger partial charge < -0.3 is 20.2 Å². The topological polar surface area (TPSA) is 114 Å². The third kappa shape index (κ3) is 3.58. The third-order valence-corrected chi connectivity index (χ3v) is 2.10. The second-order valence-electron chi connectivity index (χ2n) is 3.36. The summed E-state index contributed by atoms with van der Waals surface area (Å²) in [6.45, 7) is -0.401. The van der Waals surface area contributed by atoms with Crippen molar-refractivity contribution in [2.24, 2.45) is 0 Å². The first-order chi connectivity index (χ1) is 8.08. The Balaban J connectivity index is 2.96. The number of carbonyl (C=O) groups is 1. The van der Waals surface area contributed by atoms with Gasteiger partial charge in [0.1, 0.15) is 0 Å². The van der Waals surface area contributed by atoms with Crippen LogP contribution in [0.4, 0.5) is 0 Å². The predicted octanol–water partition coefficient (Wildman–Crippen LogP) is -1.49. The Bertz CT molecular complexity index is 437. The van der Waals surface area contributed by atoms with Gasteiger partial charge >= 0.3 is 0 Å². The lowest BCUT2D eigenvalue weighted by Crippen LogP contribution is -2.36. The minimum Gasteiger partial charge on any atom is -0.494 e. The van der Waals surface area contributed by atoms with Crippen molar-refractivity contribution in [2.45, 2.75) is 0 Å². The quantitative estimate of drug-likeness (QED) is 0.502. The summed E-state index contributed by atoms with van der Waals surface area (Å²) in [7, 11) is 0. The molecule has 0 fully saturated rings. The molecule has 17 heavy (non-hydrogen) atoms. The van der Waals surface area contributed by atoms with Crippen LogP contribution in [0.3, 0.4) is 0 Å². The lowest BCUT2D eigenvalue weighted by atomic mass is 10.2. The Labute approximate surface area is 96.9 Å². The van der Waals surface area contributed by atoms with Crippen molar-refractivity contribution in [3.05, 3.63) is 28.0 Å². The minimum atomic E-state index is -0.596. The highest BCUT2D eigenvalue weighted by Crippen LogP contribution is 2.07. The monoisotopic (exact) mass is 242 g/mol. The van der Waals surface area contributed by atoms with Gasteiger partial charge in [-0.15, -0.1) is 0 Å². The average molecular weight is 242 g/mol. The molecule has 0 saturated carbocycles. The van der Waals surface area contributed by atoms with E-state index in [1.54, 1.807) is 0 Å². The van der Waals surface area contributed by atoms with E-state index in [2.05, 4.69) is 4.98 Å². The van der Waals surface area contributed by atoms with E-state index in [1.165, 1.54) is 4.90 Å². The van der Waals surface area contributed by atoms with E-state index >= 15 is 0 Å². The first-order valence-electron chi connectivity index (χ1n) is 5.03. The number of rotatable bonds is 5. The molecule has 1 aromatic heterocycles. The van der Waals surface area contributed by atoms with Gasteiger partial charge in [-0.05, 0) is 0 Å². The molecule has 0 spiro atoms. The summed E-state index contributed by atoms with van der Waals surface area (Å²) in [6.07, 6.45) is 0. The maximum atomic E-state index is 11.9. The number of H-pyrrole nitrogens is 1. The van der Waals surface area contributed by atoms with E-state index in [4.69, 9.17) is 15.3 Å². The minimum absolute atomic E-state index is 0.00755. The van der Waals surface area contributed by atoms with Crippen LogP contribution in [0.15, 0.2) is 16.9 Å². The van der Waals surface area contributed by atoms with Gasteiger partial charge in [-0.25, -0.2) is 0 Å². The number of hydrogen-bond acceptors (Lipinski definition) is 5. The number of aromatic nitrogens is 1. The molecule has 7 nitrogen and oxygen atoms in total. The Morgan fingerprint density at radius 1 is 1.24 bits per heavy atom. The predicted molar refractivity (Wildman–Crippen MR) is 58.8 cm³/mol. The molecule has 0 atom stereocenters. The highest BCUT2D eigenvalue weighted by atomic mass is 16.3.